The van der Waals surface area contributed by atoms with E-state index in [4.69, 9.17) is 10.2 Å². The fourth-order valence-electron chi connectivity index (χ4n) is 3.75. The van der Waals surface area contributed by atoms with Crippen LogP contribution >= 0.6 is 0 Å². The lowest BCUT2D eigenvalue weighted by atomic mass is 9.86. The predicted octanol–water partition coefficient (Wildman–Crippen LogP) is 0.428. The zero-order valence-electron chi connectivity index (χ0n) is 7.15. The largest absolute Gasteiger partial charge is 0.481 e. The van der Waals surface area contributed by atoms with Crippen molar-refractivity contribution in [2.45, 2.75) is 13.3 Å². The minimum Gasteiger partial charge on any atom is -0.481 e. The molecule has 4 heteroatoms. The van der Waals surface area contributed by atoms with Crippen molar-refractivity contribution in [1.82, 2.24) is 0 Å². The van der Waals surface area contributed by atoms with E-state index >= 15 is 0 Å². The molecule has 4 aliphatic rings. The fraction of sp³-hybridized carbons (Fsp3) is 0.778. The lowest BCUT2D eigenvalue weighted by molar-refractivity contribution is -0.149. The molecule has 0 aliphatic heterocycles. The molecule has 0 amide bonds. The van der Waals surface area contributed by atoms with Gasteiger partial charge in [0, 0.05) is 0 Å². The van der Waals surface area contributed by atoms with Gasteiger partial charge in [0.05, 0.1) is 10.8 Å². The van der Waals surface area contributed by atoms with Gasteiger partial charge in [-0.1, -0.05) is 0 Å². The van der Waals surface area contributed by atoms with Crippen molar-refractivity contribution in [1.29, 1.82) is 0 Å². The normalized spacial score (nSPS) is 59.9. The van der Waals surface area contributed by atoms with Gasteiger partial charge in [-0.05, 0) is 31.1 Å². The zero-order chi connectivity index (χ0) is 9.59. The van der Waals surface area contributed by atoms with Gasteiger partial charge in [-0.25, -0.2) is 0 Å². The molecule has 0 saturated heterocycles. The average molecular weight is 182 g/mol. The van der Waals surface area contributed by atoms with Crippen LogP contribution in [0.2, 0.25) is 0 Å². The molecule has 0 aromatic heterocycles. The highest BCUT2D eigenvalue weighted by atomic mass is 16.4. The van der Waals surface area contributed by atoms with Crippen molar-refractivity contribution < 1.29 is 19.8 Å². The summed E-state index contributed by atoms with van der Waals surface area (Å²) in [6, 6.07) is 0. The SMILES string of the molecule is CC1(C(=O)O)CC2C3C1C23C(=O)O. The second kappa shape index (κ2) is 1.49. The number of hydrogen-bond acceptors (Lipinski definition) is 2. The molecule has 0 aromatic rings. The van der Waals surface area contributed by atoms with E-state index in [1.165, 1.54) is 0 Å². The van der Waals surface area contributed by atoms with Crippen LogP contribution in [-0.2, 0) is 9.59 Å². The number of aliphatic carboxylic acids is 2. The number of rotatable bonds is 2. The highest BCUT2D eigenvalue weighted by Gasteiger charge is 2.99. The van der Waals surface area contributed by atoms with E-state index in [0.29, 0.717) is 6.42 Å². The summed E-state index contributed by atoms with van der Waals surface area (Å²) < 4.78 is 0. The van der Waals surface area contributed by atoms with Gasteiger partial charge in [0.2, 0.25) is 0 Å². The van der Waals surface area contributed by atoms with Crippen LogP contribution < -0.4 is 0 Å². The first-order valence-electron chi connectivity index (χ1n) is 4.44. The van der Waals surface area contributed by atoms with E-state index in [9.17, 15) is 9.59 Å². The van der Waals surface area contributed by atoms with Crippen molar-refractivity contribution in [2.75, 3.05) is 0 Å². The number of hydrogen-bond donors (Lipinski definition) is 2. The summed E-state index contributed by atoms with van der Waals surface area (Å²) in [5.41, 5.74) is -1.36. The Hall–Kier alpha value is -1.06. The van der Waals surface area contributed by atoms with E-state index in [0.717, 1.165) is 0 Å². The molecule has 4 saturated carbocycles. The Bertz CT molecular complexity index is 344. The number of carboxylic acids is 2. The first-order valence-corrected chi connectivity index (χ1v) is 4.44. The van der Waals surface area contributed by atoms with Gasteiger partial charge in [-0.15, -0.1) is 0 Å². The quantitative estimate of drug-likeness (QED) is 0.649. The fourth-order valence-corrected chi connectivity index (χ4v) is 3.75. The molecule has 70 valence electrons. The molecule has 4 fully saturated rings. The Balaban J connectivity index is 1.97. The molecule has 4 aliphatic carbocycles. The third kappa shape index (κ3) is 0.453. The lowest BCUT2D eigenvalue weighted by Gasteiger charge is -2.17. The molecule has 0 heterocycles. The molecule has 13 heavy (non-hydrogen) atoms. The van der Waals surface area contributed by atoms with Gasteiger partial charge >= 0.3 is 11.9 Å². The zero-order valence-corrected chi connectivity index (χ0v) is 7.15. The summed E-state index contributed by atoms with van der Waals surface area (Å²) in [4.78, 5) is 21.8. The van der Waals surface area contributed by atoms with Gasteiger partial charge in [0.1, 0.15) is 0 Å². The summed E-state index contributed by atoms with van der Waals surface area (Å²) in [6.07, 6.45) is 0.559. The lowest BCUT2D eigenvalue weighted by Crippen LogP contribution is -2.28. The van der Waals surface area contributed by atoms with Crippen molar-refractivity contribution >= 4 is 11.9 Å². The highest BCUT2D eigenvalue weighted by molar-refractivity contribution is 5.92. The topological polar surface area (TPSA) is 74.6 Å². The highest BCUT2D eigenvalue weighted by Crippen LogP contribution is 2.95. The maximum Gasteiger partial charge on any atom is 0.310 e. The van der Waals surface area contributed by atoms with E-state index in [-0.39, 0.29) is 17.8 Å². The van der Waals surface area contributed by atoms with Gasteiger partial charge in [-0.2, -0.15) is 0 Å². The Labute approximate surface area is 74.6 Å². The second-order valence-corrected chi connectivity index (χ2v) is 4.77. The average Bonchev–Trinajstić information content (AvgIpc) is 2.79. The first kappa shape index (κ1) is 7.35. The van der Waals surface area contributed by atoms with E-state index < -0.39 is 22.8 Å². The van der Waals surface area contributed by atoms with Crippen LogP contribution in [0, 0.1) is 28.6 Å². The van der Waals surface area contributed by atoms with Crippen LogP contribution in [0.5, 0.6) is 0 Å². The third-order valence-electron chi connectivity index (χ3n) is 4.44. The Morgan fingerprint density at radius 3 is 2.15 bits per heavy atom. The third-order valence-corrected chi connectivity index (χ3v) is 4.44. The number of fused-ring (bicyclic) bond motifs is 1. The molecular weight excluding hydrogens is 172 g/mol. The van der Waals surface area contributed by atoms with Crippen molar-refractivity contribution in [3.63, 3.8) is 0 Å². The monoisotopic (exact) mass is 182 g/mol. The van der Waals surface area contributed by atoms with Gasteiger partial charge in [0.25, 0.3) is 0 Å². The smallest absolute Gasteiger partial charge is 0.310 e. The molecule has 2 N–H and O–H groups in total. The minimum absolute atomic E-state index is 0.0833. The number of carboxylic acid groups (broad SMARTS) is 2. The summed E-state index contributed by atoms with van der Waals surface area (Å²) in [7, 11) is 0. The second-order valence-electron chi connectivity index (χ2n) is 4.77. The first-order chi connectivity index (χ1) is 5.97. The molecule has 4 rings (SSSR count). The Kier molecular flexibility index (Phi) is 0.842. The van der Waals surface area contributed by atoms with E-state index in [1.54, 1.807) is 6.92 Å². The summed E-state index contributed by atoms with van der Waals surface area (Å²) in [6.45, 7) is 1.69. The standard InChI is InChI=1S/C9H10O4/c1-8(6(10)11)2-3-4-5(8)9(3,4)7(12)13/h3-5H,2H2,1H3,(H,10,11)(H,12,13). The van der Waals surface area contributed by atoms with Crippen LogP contribution in [0.3, 0.4) is 0 Å². The molecule has 5 unspecified atom stereocenters. The molecule has 0 radical (unpaired) electrons. The maximum absolute atomic E-state index is 10.9. The van der Waals surface area contributed by atoms with Gasteiger partial charge in [0.15, 0.2) is 0 Å². The molecule has 4 nitrogen and oxygen atoms in total. The van der Waals surface area contributed by atoms with Crippen molar-refractivity contribution in [2.24, 2.45) is 28.6 Å². The molecule has 2 bridgehead atoms. The summed E-state index contributed by atoms with van der Waals surface area (Å²) in [5.74, 6) is -1.34. The Morgan fingerprint density at radius 2 is 1.92 bits per heavy atom. The summed E-state index contributed by atoms with van der Waals surface area (Å²) >= 11 is 0. The van der Waals surface area contributed by atoms with Crippen LogP contribution in [0.1, 0.15) is 13.3 Å². The van der Waals surface area contributed by atoms with Crippen LogP contribution in [-0.4, -0.2) is 22.2 Å². The maximum atomic E-state index is 10.9. The molecule has 5 atom stereocenters. The molecule has 0 aromatic carbocycles. The van der Waals surface area contributed by atoms with Crippen LogP contribution in [0.15, 0.2) is 0 Å². The van der Waals surface area contributed by atoms with Crippen LogP contribution in [0.4, 0.5) is 0 Å². The molecular formula is C9H10O4. The van der Waals surface area contributed by atoms with Crippen molar-refractivity contribution in [3.8, 4) is 0 Å². The van der Waals surface area contributed by atoms with Crippen molar-refractivity contribution in [3.05, 3.63) is 0 Å². The van der Waals surface area contributed by atoms with Gasteiger partial charge in [-0.3, -0.25) is 9.59 Å². The van der Waals surface area contributed by atoms with E-state index in [2.05, 4.69) is 0 Å². The Morgan fingerprint density at radius 1 is 1.31 bits per heavy atom. The predicted molar refractivity (Wildman–Crippen MR) is 40.9 cm³/mol. The van der Waals surface area contributed by atoms with Gasteiger partial charge < -0.3 is 10.2 Å². The summed E-state index contributed by atoms with van der Waals surface area (Å²) in [5, 5.41) is 17.9. The van der Waals surface area contributed by atoms with E-state index in [1.807, 2.05) is 0 Å². The van der Waals surface area contributed by atoms with Crippen LogP contribution in [0.25, 0.3) is 0 Å². The molecule has 0 spiro atoms. The number of carbonyl (C=O) groups is 2. The minimum atomic E-state index is -0.828.